The van der Waals surface area contributed by atoms with E-state index in [0.717, 1.165) is 31.1 Å². The van der Waals surface area contributed by atoms with E-state index in [9.17, 15) is 13.2 Å². The summed E-state index contributed by atoms with van der Waals surface area (Å²) in [7, 11) is -3.28. The van der Waals surface area contributed by atoms with Gasteiger partial charge in [-0.3, -0.25) is 4.79 Å². The Hall–Kier alpha value is -2.14. The molecule has 2 aromatic rings. The van der Waals surface area contributed by atoms with Crippen molar-refractivity contribution >= 4 is 21.4 Å². The van der Waals surface area contributed by atoms with Crippen molar-refractivity contribution in [2.24, 2.45) is 0 Å². The van der Waals surface area contributed by atoms with E-state index in [2.05, 4.69) is 24.4 Å². The third-order valence-corrected chi connectivity index (χ3v) is 4.86. The lowest BCUT2D eigenvalue weighted by Crippen LogP contribution is -2.14. The summed E-state index contributed by atoms with van der Waals surface area (Å²) in [5.74, 6) is -0.165. The summed E-state index contributed by atoms with van der Waals surface area (Å²) < 4.78 is 23.1. The van der Waals surface area contributed by atoms with Crippen LogP contribution in [0.3, 0.4) is 0 Å². The van der Waals surface area contributed by atoms with Gasteiger partial charge in [-0.25, -0.2) is 8.42 Å². The lowest BCUT2D eigenvalue weighted by molar-refractivity contribution is -0.115. The highest BCUT2D eigenvalue weighted by atomic mass is 32.2. The molecule has 2 aromatic carbocycles. The van der Waals surface area contributed by atoms with E-state index in [4.69, 9.17) is 0 Å². The molecular weight excluding hydrogens is 322 g/mol. The van der Waals surface area contributed by atoms with Crippen LogP contribution in [0.25, 0.3) is 0 Å². The van der Waals surface area contributed by atoms with Crippen LogP contribution >= 0.6 is 0 Å². The van der Waals surface area contributed by atoms with Crippen molar-refractivity contribution in [2.75, 3.05) is 11.6 Å². The largest absolute Gasteiger partial charge is 0.326 e. The van der Waals surface area contributed by atoms with Crippen LogP contribution in [-0.2, 0) is 27.5 Å². The Bertz CT molecular complexity index is 796. The Morgan fingerprint density at radius 3 is 2.33 bits per heavy atom. The molecule has 2 rings (SSSR count). The Morgan fingerprint density at radius 1 is 1.04 bits per heavy atom. The molecule has 0 aliphatic rings. The molecule has 0 unspecified atom stereocenters. The second-order valence-corrected chi connectivity index (χ2v) is 7.96. The lowest BCUT2D eigenvalue weighted by atomic mass is 10.0. The highest BCUT2D eigenvalue weighted by Gasteiger charge is 2.09. The summed E-state index contributed by atoms with van der Waals surface area (Å²) in [5, 5.41) is 2.75. The molecule has 0 spiro atoms. The van der Waals surface area contributed by atoms with E-state index in [1.54, 1.807) is 12.1 Å². The first kappa shape index (κ1) is 18.2. The van der Waals surface area contributed by atoms with Gasteiger partial charge < -0.3 is 5.32 Å². The molecule has 0 bridgehead atoms. The topological polar surface area (TPSA) is 63.2 Å². The van der Waals surface area contributed by atoms with Gasteiger partial charge in [0.2, 0.25) is 5.91 Å². The van der Waals surface area contributed by atoms with Gasteiger partial charge >= 0.3 is 0 Å². The molecule has 1 N–H and O–H groups in total. The van der Waals surface area contributed by atoms with Crippen molar-refractivity contribution in [1.29, 1.82) is 0 Å². The number of benzene rings is 2. The first-order valence-electron chi connectivity index (χ1n) is 8.06. The van der Waals surface area contributed by atoms with E-state index in [1.165, 1.54) is 17.7 Å². The average Bonchev–Trinajstić information content (AvgIpc) is 2.53. The number of hydrogen-bond acceptors (Lipinski definition) is 3. The Morgan fingerprint density at radius 2 is 1.71 bits per heavy atom. The van der Waals surface area contributed by atoms with Crippen LogP contribution in [-0.4, -0.2) is 20.6 Å². The van der Waals surface area contributed by atoms with Gasteiger partial charge in [0, 0.05) is 11.9 Å². The van der Waals surface area contributed by atoms with Gasteiger partial charge in [0.25, 0.3) is 0 Å². The number of carbonyl (C=O) groups is 1. The van der Waals surface area contributed by atoms with Crippen LogP contribution in [0.4, 0.5) is 5.69 Å². The van der Waals surface area contributed by atoms with Crippen LogP contribution < -0.4 is 5.32 Å². The molecule has 24 heavy (non-hydrogen) atoms. The van der Waals surface area contributed by atoms with Gasteiger partial charge in [0.15, 0.2) is 9.84 Å². The Balaban J connectivity index is 1.98. The molecule has 0 saturated heterocycles. The van der Waals surface area contributed by atoms with Crippen LogP contribution in [0.5, 0.6) is 0 Å². The van der Waals surface area contributed by atoms with Crippen LogP contribution in [0.1, 0.15) is 30.9 Å². The summed E-state index contributed by atoms with van der Waals surface area (Å²) >= 11 is 0. The molecule has 0 aliphatic carbocycles. The summed E-state index contributed by atoms with van der Waals surface area (Å²) in [6, 6.07) is 14.3. The predicted octanol–water partition coefficient (Wildman–Crippen LogP) is 3.61. The minimum Gasteiger partial charge on any atom is -0.326 e. The van der Waals surface area contributed by atoms with Gasteiger partial charge in [0.1, 0.15) is 0 Å². The highest BCUT2D eigenvalue weighted by molar-refractivity contribution is 7.90. The summed E-state index contributed by atoms with van der Waals surface area (Å²) in [5.41, 5.74) is 2.70. The van der Waals surface area contributed by atoms with Crippen molar-refractivity contribution < 1.29 is 13.2 Å². The number of aryl methyl sites for hydroxylation is 1. The molecular formula is C19H23NO3S. The van der Waals surface area contributed by atoms with Crippen molar-refractivity contribution in [2.45, 2.75) is 37.5 Å². The van der Waals surface area contributed by atoms with Crippen molar-refractivity contribution in [3.8, 4) is 0 Å². The molecule has 0 aliphatic heterocycles. The van der Waals surface area contributed by atoms with Gasteiger partial charge in [-0.05, 0) is 42.2 Å². The quantitative estimate of drug-likeness (QED) is 0.834. The maximum atomic E-state index is 12.1. The zero-order valence-corrected chi connectivity index (χ0v) is 14.9. The first-order chi connectivity index (χ1) is 11.4. The van der Waals surface area contributed by atoms with Crippen molar-refractivity contribution in [3.05, 3.63) is 59.7 Å². The number of anilines is 1. The molecule has 0 fully saturated rings. The highest BCUT2D eigenvalue weighted by Crippen LogP contribution is 2.16. The average molecular weight is 345 g/mol. The van der Waals surface area contributed by atoms with E-state index in [1.807, 2.05) is 12.1 Å². The molecule has 4 nitrogen and oxygen atoms in total. The molecule has 1 amide bonds. The molecule has 0 saturated carbocycles. The molecule has 0 aromatic heterocycles. The summed E-state index contributed by atoms with van der Waals surface area (Å²) in [4.78, 5) is 12.3. The zero-order valence-electron chi connectivity index (χ0n) is 14.1. The normalized spacial score (nSPS) is 11.2. The van der Waals surface area contributed by atoms with E-state index in [0.29, 0.717) is 5.69 Å². The smallest absolute Gasteiger partial charge is 0.228 e. The van der Waals surface area contributed by atoms with Gasteiger partial charge in [-0.1, -0.05) is 43.7 Å². The number of unbranched alkanes of at least 4 members (excludes halogenated alkanes) is 1. The van der Waals surface area contributed by atoms with Crippen molar-refractivity contribution in [1.82, 2.24) is 0 Å². The van der Waals surface area contributed by atoms with E-state index in [-0.39, 0.29) is 17.2 Å². The Kier molecular flexibility index (Phi) is 6.15. The van der Waals surface area contributed by atoms with Gasteiger partial charge in [-0.15, -0.1) is 0 Å². The third-order valence-electron chi connectivity index (χ3n) is 3.75. The van der Waals surface area contributed by atoms with Crippen molar-refractivity contribution in [3.63, 3.8) is 0 Å². The lowest BCUT2D eigenvalue weighted by Gasteiger charge is -2.07. The molecule has 0 atom stereocenters. The number of nitrogens with one attached hydrogen (secondary N) is 1. The van der Waals surface area contributed by atoms with Crippen LogP contribution in [0.2, 0.25) is 0 Å². The fourth-order valence-electron chi connectivity index (χ4n) is 2.40. The van der Waals surface area contributed by atoms with E-state index >= 15 is 0 Å². The SMILES string of the molecule is CCCCc1ccc(CC(=O)Nc2cccc(S(C)(=O)=O)c2)cc1. The first-order valence-corrected chi connectivity index (χ1v) is 9.95. The molecule has 0 heterocycles. The van der Waals surface area contributed by atoms with Crippen LogP contribution in [0.15, 0.2) is 53.4 Å². The monoisotopic (exact) mass is 345 g/mol. The van der Waals surface area contributed by atoms with Crippen LogP contribution in [0, 0.1) is 0 Å². The number of hydrogen-bond donors (Lipinski definition) is 1. The Labute approximate surface area is 143 Å². The third kappa shape index (κ3) is 5.49. The summed E-state index contributed by atoms with van der Waals surface area (Å²) in [6.07, 6.45) is 4.79. The van der Waals surface area contributed by atoms with Gasteiger partial charge in [-0.2, -0.15) is 0 Å². The summed E-state index contributed by atoms with van der Waals surface area (Å²) in [6.45, 7) is 2.16. The molecule has 5 heteroatoms. The fourth-order valence-corrected chi connectivity index (χ4v) is 3.07. The number of rotatable bonds is 7. The minimum absolute atomic E-state index is 0.165. The number of sulfone groups is 1. The van der Waals surface area contributed by atoms with E-state index < -0.39 is 9.84 Å². The standard InChI is InChI=1S/C19H23NO3S/c1-3-4-6-15-9-11-16(12-10-15)13-19(21)20-17-7-5-8-18(14-17)24(2,22)23/h5,7-12,14H,3-4,6,13H2,1-2H3,(H,20,21). The zero-order chi connectivity index (χ0) is 17.6. The fraction of sp³-hybridized carbons (Fsp3) is 0.316. The molecule has 0 radical (unpaired) electrons. The minimum atomic E-state index is -3.28. The maximum Gasteiger partial charge on any atom is 0.228 e. The molecule has 128 valence electrons. The number of carbonyl (C=O) groups excluding carboxylic acids is 1. The predicted molar refractivity (Wildman–Crippen MR) is 96.9 cm³/mol. The van der Waals surface area contributed by atoms with Gasteiger partial charge in [0.05, 0.1) is 11.3 Å². The second-order valence-electron chi connectivity index (χ2n) is 5.95. The number of amides is 1. The second kappa shape index (κ2) is 8.11. The maximum absolute atomic E-state index is 12.1.